The average Bonchev–Trinajstić information content (AvgIpc) is 3.23. The molecular formula is C21H14F3N5. The average molecular weight is 393 g/mol. The molecule has 0 saturated carbocycles. The zero-order chi connectivity index (χ0) is 20.3. The van der Waals surface area contributed by atoms with Gasteiger partial charge in [0.15, 0.2) is 0 Å². The predicted octanol–water partition coefficient (Wildman–Crippen LogP) is 4.70. The van der Waals surface area contributed by atoms with E-state index in [2.05, 4.69) is 15.2 Å². The van der Waals surface area contributed by atoms with E-state index in [1.807, 2.05) is 0 Å². The van der Waals surface area contributed by atoms with Gasteiger partial charge in [-0.3, -0.25) is 4.68 Å². The lowest BCUT2D eigenvalue weighted by atomic mass is 10.0. The molecule has 2 aromatic carbocycles. The van der Waals surface area contributed by atoms with Gasteiger partial charge in [0.25, 0.3) is 0 Å². The quantitative estimate of drug-likeness (QED) is 0.409. The maximum atomic E-state index is 15.0. The lowest BCUT2D eigenvalue weighted by Gasteiger charge is -2.05. The van der Waals surface area contributed by atoms with E-state index in [9.17, 15) is 13.2 Å². The summed E-state index contributed by atoms with van der Waals surface area (Å²) in [5.74, 6) is -1.57. The van der Waals surface area contributed by atoms with Crippen molar-refractivity contribution in [3.8, 4) is 16.9 Å². The third-order valence-corrected chi connectivity index (χ3v) is 4.88. The van der Waals surface area contributed by atoms with Crippen molar-refractivity contribution < 1.29 is 13.2 Å². The molecule has 5 aromatic rings. The fourth-order valence-electron chi connectivity index (χ4n) is 3.69. The number of nitrogens with zero attached hydrogens (tertiary/aromatic N) is 5. The topological polar surface area (TPSA) is 48.5 Å². The van der Waals surface area contributed by atoms with E-state index in [4.69, 9.17) is 0 Å². The van der Waals surface area contributed by atoms with Gasteiger partial charge in [0.1, 0.15) is 17.3 Å². The Morgan fingerprint density at radius 2 is 1.76 bits per heavy atom. The van der Waals surface area contributed by atoms with E-state index in [-0.39, 0.29) is 11.3 Å². The minimum Gasteiger partial charge on any atom is -0.275 e. The zero-order valence-electron chi connectivity index (χ0n) is 15.5. The van der Waals surface area contributed by atoms with Crippen molar-refractivity contribution >= 4 is 21.8 Å². The van der Waals surface area contributed by atoms with Gasteiger partial charge >= 0.3 is 0 Å². The van der Waals surface area contributed by atoms with Crippen LogP contribution in [0.25, 0.3) is 38.8 Å². The maximum absolute atomic E-state index is 15.0. The minimum absolute atomic E-state index is 0.236. The van der Waals surface area contributed by atoms with Gasteiger partial charge in [0, 0.05) is 29.6 Å². The Bertz CT molecular complexity index is 1400. The van der Waals surface area contributed by atoms with Crippen LogP contribution in [0.2, 0.25) is 0 Å². The van der Waals surface area contributed by atoms with Crippen LogP contribution in [0.1, 0.15) is 5.56 Å². The fraction of sp³-hybridized carbons (Fsp3) is 0.0952. The molecule has 5 rings (SSSR count). The third-order valence-electron chi connectivity index (χ3n) is 4.88. The molecule has 0 radical (unpaired) electrons. The standard InChI is InChI=1S/C21H14F3N5/c1-11-7-12(22)8-14-20(19-15-10-28(2)26-17(15)5-4-16(19)23)27-29(21(11)14)13-3-6-18(24)25-9-13/h3-10H,1-2H3. The highest BCUT2D eigenvalue weighted by Crippen LogP contribution is 2.37. The van der Waals surface area contributed by atoms with Crippen molar-refractivity contribution in [3.05, 3.63) is 71.9 Å². The van der Waals surface area contributed by atoms with Crippen LogP contribution in [0.15, 0.2) is 48.8 Å². The van der Waals surface area contributed by atoms with Crippen LogP contribution in [-0.4, -0.2) is 24.5 Å². The SMILES string of the molecule is Cc1cc(F)cc2c(-c3c(F)ccc4nn(C)cc34)nn(-c3ccc(F)nc3)c12. The van der Waals surface area contributed by atoms with Crippen molar-refractivity contribution in [2.45, 2.75) is 6.92 Å². The van der Waals surface area contributed by atoms with Crippen LogP contribution < -0.4 is 0 Å². The van der Waals surface area contributed by atoms with Gasteiger partial charge in [-0.15, -0.1) is 0 Å². The summed E-state index contributed by atoms with van der Waals surface area (Å²) in [5, 5.41) is 9.93. The summed E-state index contributed by atoms with van der Waals surface area (Å²) in [6, 6.07) is 8.34. The number of pyridine rings is 1. The van der Waals surface area contributed by atoms with E-state index in [0.29, 0.717) is 33.1 Å². The third kappa shape index (κ3) is 2.67. The number of hydrogen-bond acceptors (Lipinski definition) is 3. The number of benzene rings is 2. The van der Waals surface area contributed by atoms with Crippen LogP contribution in [0, 0.1) is 24.5 Å². The highest BCUT2D eigenvalue weighted by Gasteiger charge is 2.22. The molecule has 3 heterocycles. The largest absolute Gasteiger partial charge is 0.275 e. The predicted molar refractivity (Wildman–Crippen MR) is 103 cm³/mol. The van der Waals surface area contributed by atoms with Gasteiger partial charge in [0.2, 0.25) is 5.95 Å². The molecule has 3 aromatic heterocycles. The summed E-state index contributed by atoms with van der Waals surface area (Å²) >= 11 is 0. The molecule has 5 nitrogen and oxygen atoms in total. The molecule has 0 amide bonds. The highest BCUT2D eigenvalue weighted by atomic mass is 19.1. The second-order valence-corrected chi connectivity index (χ2v) is 6.88. The first-order chi connectivity index (χ1) is 13.9. The van der Waals surface area contributed by atoms with Gasteiger partial charge in [-0.2, -0.15) is 14.6 Å². The summed E-state index contributed by atoms with van der Waals surface area (Å²) in [6.07, 6.45) is 3.03. The smallest absolute Gasteiger partial charge is 0.212 e. The molecule has 8 heteroatoms. The second-order valence-electron chi connectivity index (χ2n) is 6.88. The summed E-state index contributed by atoms with van der Waals surface area (Å²) in [4.78, 5) is 3.67. The van der Waals surface area contributed by atoms with Gasteiger partial charge < -0.3 is 0 Å². The highest BCUT2D eigenvalue weighted by molar-refractivity contribution is 6.03. The van der Waals surface area contributed by atoms with Gasteiger partial charge in [-0.25, -0.2) is 18.4 Å². The Labute approximate surface area is 163 Å². The van der Waals surface area contributed by atoms with Crippen LogP contribution in [0.3, 0.4) is 0 Å². The Hall–Kier alpha value is -3.68. The first kappa shape index (κ1) is 17.4. The molecule has 0 bridgehead atoms. The minimum atomic E-state index is -0.626. The number of aromatic nitrogens is 5. The monoisotopic (exact) mass is 393 g/mol. The molecule has 0 aliphatic heterocycles. The van der Waals surface area contributed by atoms with Gasteiger partial charge in [-0.1, -0.05) is 0 Å². The van der Waals surface area contributed by atoms with Crippen LogP contribution in [0.5, 0.6) is 0 Å². The molecule has 0 unspecified atom stereocenters. The lowest BCUT2D eigenvalue weighted by Crippen LogP contribution is -1.99. The van der Waals surface area contributed by atoms with Crippen LogP contribution in [0.4, 0.5) is 13.2 Å². The molecule has 0 aliphatic carbocycles. The van der Waals surface area contributed by atoms with E-state index >= 15 is 0 Å². The number of hydrogen-bond donors (Lipinski definition) is 0. The Balaban J connectivity index is 1.91. The van der Waals surface area contributed by atoms with E-state index < -0.39 is 17.6 Å². The maximum Gasteiger partial charge on any atom is 0.212 e. The van der Waals surface area contributed by atoms with E-state index in [1.54, 1.807) is 30.9 Å². The molecule has 29 heavy (non-hydrogen) atoms. The molecule has 0 aliphatic rings. The summed E-state index contributed by atoms with van der Waals surface area (Å²) in [5.41, 5.74) is 2.80. The summed E-state index contributed by atoms with van der Waals surface area (Å²) < 4.78 is 45.6. The summed E-state index contributed by atoms with van der Waals surface area (Å²) in [7, 11) is 1.74. The molecule has 0 fully saturated rings. The number of fused-ring (bicyclic) bond motifs is 2. The first-order valence-electron chi connectivity index (χ1n) is 8.85. The summed E-state index contributed by atoms with van der Waals surface area (Å²) in [6.45, 7) is 1.74. The van der Waals surface area contributed by atoms with Crippen molar-refractivity contribution in [3.63, 3.8) is 0 Å². The molecular weight excluding hydrogens is 379 g/mol. The molecule has 0 atom stereocenters. The molecule has 0 saturated heterocycles. The molecule has 0 N–H and O–H groups in total. The fourth-order valence-corrected chi connectivity index (χ4v) is 3.69. The molecule has 0 spiro atoms. The Morgan fingerprint density at radius 1 is 0.931 bits per heavy atom. The Morgan fingerprint density at radius 3 is 2.52 bits per heavy atom. The van der Waals surface area contributed by atoms with E-state index in [1.165, 1.54) is 41.2 Å². The zero-order valence-corrected chi connectivity index (χ0v) is 15.5. The molecule has 144 valence electrons. The van der Waals surface area contributed by atoms with Crippen molar-refractivity contribution in [2.24, 2.45) is 7.05 Å². The second kappa shape index (κ2) is 6.16. The first-order valence-corrected chi connectivity index (χ1v) is 8.85. The Kier molecular flexibility index (Phi) is 3.70. The van der Waals surface area contributed by atoms with Crippen LogP contribution >= 0.6 is 0 Å². The van der Waals surface area contributed by atoms with Crippen molar-refractivity contribution in [2.75, 3.05) is 0 Å². The number of aryl methyl sites for hydroxylation is 2. The van der Waals surface area contributed by atoms with Gasteiger partial charge in [-0.05, 0) is 48.9 Å². The van der Waals surface area contributed by atoms with Gasteiger partial charge in [0.05, 0.1) is 22.9 Å². The van der Waals surface area contributed by atoms with Crippen molar-refractivity contribution in [1.29, 1.82) is 0 Å². The normalized spacial score (nSPS) is 11.6. The number of rotatable bonds is 2. The van der Waals surface area contributed by atoms with Crippen LogP contribution in [-0.2, 0) is 7.05 Å². The van der Waals surface area contributed by atoms with E-state index in [0.717, 1.165) is 0 Å². The van der Waals surface area contributed by atoms with Crippen molar-refractivity contribution in [1.82, 2.24) is 24.5 Å². The number of halogens is 3. The lowest BCUT2D eigenvalue weighted by molar-refractivity contribution is 0.582.